The van der Waals surface area contributed by atoms with Crippen molar-refractivity contribution in [1.82, 2.24) is 4.98 Å². The van der Waals surface area contributed by atoms with Crippen LogP contribution in [0.5, 0.6) is 5.75 Å². The van der Waals surface area contributed by atoms with Gasteiger partial charge < -0.3 is 4.74 Å². The van der Waals surface area contributed by atoms with Crippen LogP contribution in [-0.4, -0.2) is 11.3 Å². The first-order chi connectivity index (χ1) is 9.41. The number of thiazole rings is 1. The van der Waals surface area contributed by atoms with Gasteiger partial charge in [-0.2, -0.15) is 0 Å². The molecule has 0 amide bonds. The largest absolute Gasteiger partial charge is 0.485 e. The van der Waals surface area contributed by atoms with Crippen molar-refractivity contribution in [3.63, 3.8) is 0 Å². The minimum absolute atomic E-state index is 0.0470. The van der Waals surface area contributed by atoms with Crippen LogP contribution in [0.2, 0.25) is 0 Å². The molecule has 0 aliphatic carbocycles. The number of aromatic nitrogens is 1. The minimum Gasteiger partial charge on any atom is -0.485 e. The summed E-state index contributed by atoms with van der Waals surface area (Å²) < 4.78 is 5.79. The van der Waals surface area contributed by atoms with Gasteiger partial charge >= 0.3 is 0 Å². The number of carbonyl (C=O) groups excluding carboxylic acids is 1. The first-order valence-corrected chi connectivity index (χ1v) is 7.42. The highest BCUT2D eigenvalue weighted by Crippen LogP contribution is 2.26. The van der Waals surface area contributed by atoms with Gasteiger partial charge in [-0.3, -0.25) is 4.79 Å². The second-order valence-corrected chi connectivity index (χ2v) is 6.72. The molecule has 0 N–H and O–H groups in total. The van der Waals surface area contributed by atoms with Crippen molar-refractivity contribution >= 4 is 17.6 Å². The van der Waals surface area contributed by atoms with Gasteiger partial charge in [0.1, 0.15) is 17.4 Å². The summed E-state index contributed by atoms with van der Waals surface area (Å²) in [5, 5.41) is 2.99. The van der Waals surface area contributed by atoms with Crippen molar-refractivity contribution in [3.8, 4) is 5.75 Å². The van der Waals surface area contributed by atoms with E-state index in [-0.39, 0.29) is 5.41 Å². The van der Waals surface area contributed by atoms with Crippen molar-refractivity contribution in [2.75, 3.05) is 0 Å². The molecule has 0 atom stereocenters. The maximum atomic E-state index is 11.0. The SMILES string of the molecule is Cc1cccc(C=O)c1OCc1nc(C(C)(C)C)cs1. The fraction of sp³-hybridized carbons (Fsp3) is 0.375. The number of para-hydroxylation sites is 1. The molecule has 1 aromatic carbocycles. The van der Waals surface area contributed by atoms with Crippen LogP contribution in [0.15, 0.2) is 23.6 Å². The Kier molecular flexibility index (Phi) is 4.23. The fourth-order valence-corrected chi connectivity index (χ4v) is 2.75. The molecule has 0 fully saturated rings. The van der Waals surface area contributed by atoms with Crippen molar-refractivity contribution in [2.24, 2.45) is 0 Å². The number of aryl methyl sites for hydroxylation is 1. The number of rotatable bonds is 4. The lowest BCUT2D eigenvalue weighted by Gasteiger charge is -2.14. The topological polar surface area (TPSA) is 39.2 Å². The molecule has 2 aromatic rings. The molecule has 0 bridgehead atoms. The lowest BCUT2D eigenvalue weighted by Crippen LogP contribution is -2.11. The maximum Gasteiger partial charge on any atom is 0.153 e. The van der Waals surface area contributed by atoms with Crippen LogP contribution in [0.25, 0.3) is 0 Å². The van der Waals surface area contributed by atoms with Crippen LogP contribution in [0.1, 0.15) is 47.4 Å². The van der Waals surface area contributed by atoms with Gasteiger partial charge in [0.25, 0.3) is 0 Å². The molecule has 0 aliphatic heterocycles. The molecular weight excluding hydrogens is 270 g/mol. The summed E-state index contributed by atoms with van der Waals surface area (Å²) in [5.41, 5.74) is 2.66. The van der Waals surface area contributed by atoms with E-state index in [4.69, 9.17) is 4.74 Å². The molecule has 0 unspecified atom stereocenters. The summed E-state index contributed by atoms with van der Waals surface area (Å²) in [6.45, 7) is 8.74. The first kappa shape index (κ1) is 14.7. The second kappa shape index (κ2) is 5.75. The number of hydrogen-bond donors (Lipinski definition) is 0. The van der Waals surface area contributed by atoms with Gasteiger partial charge in [-0.1, -0.05) is 32.9 Å². The fourth-order valence-electron chi connectivity index (χ4n) is 1.82. The van der Waals surface area contributed by atoms with Crippen molar-refractivity contribution < 1.29 is 9.53 Å². The zero-order valence-corrected chi connectivity index (χ0v) is 13.1. The van der Waals surface area contributed by atoms with Gasteiger partial charge in [-0.25, -0.2) is 4.98 Å². The van der Waals surface area contributed by atoms with Gasteiger partial charge in [0.05, 0.1) is 11.3 Å². The molecule has 0 spiro atoms. The Morgan fingerprint density at radius 3 is 2.70 bits per heavy atom. The van der Waals surface area contributed by atoms with E-state index < -0.39 is 0 Å². The second-order valence-electron chi connectivity index (χ2n) is 5.78. The standard InChI is InChI=1S/C16H19NO2S/c1-11-6-5-7-12(8-18)15(11)19-9-14-17-13(10-20-14)16(2,3)4/h5-8,10H,9H2,1-4H3. The summed E-state index contributed by atoms with van der Waals surface area (Å²) in [5.74, 6) is 0.648. The van der Waals surface area contributed by atoms with E-state index in [1.54, 1.807) is 17.4 Å². The molecule has 106 valence electrons. The van der Waals surface area contributed by atoms with Gasteiger partial charge in [-0.05, 0) is 18.6 Å². The highest BCUT2D eigenvalue weighted by molar-refractivity contribution is 7.09. The van der Waals surface area contributed by atoms with E-state index in [1.165, 1.54) is 0 Å². The smallest absolute Gasteiger partial charge is 0.153 e. The predicted molar refractivity (Wildman–Crippen MR) is 81.7 cm³/mol. The number of hydrogen-bond acceptors (Lipinski definition) is 4. The number of ether oxygens (including phenoxy) is 1. The molecular formula is C16H19NO2S. The van der Waals surface area contributed by atoms with Gasteiger partial charge in [0.15, 0.2) is 6.29 Å². The maximum absolute atomic E-state index is 11.0. The summed E-state index contributed by atoms with van der Waals surface area (Å²) in [6.07, 6.45) is 0.824. The van der Waals surface area contributed by atoms with E-state index in [1.807, 2.05) is 19.1 Å². The molecule has 4 heteroatoms. The van der Waals surface area contributed by atoms with Gasteiger partial charge in [0.2, 0.25) is 0 Å². The van der Waals surface area contributed by atoms with Crippen LogP contribution in [0.3, 0.4) is 0 Å². The van der Waals surface area contributed by atoms with Gasteiger partial charge in [-0.15, -0.1) is 11.3 Å². The van der Waals surface area contributed by atoms with Crippen LogP contribution in [0, 0.1) is 6.92 Å². The summed E-state index contributed by atoms with van der Waals surface area (Å²) in [7, 11) is 0. The zero-order chi connectivity index (χ0) is 14.8. The number of benzene rings is 1. The summed E-state index contributed by atoms with van der Waals surface area (Å²) >= 11 is 1.59. The zero-order valence-electron chi connectivity index (χ0n) is 12.3. The first-order valence-electron chi connectivity index (χ1n) is 6.54. The molecule has 0 saturated carbocycles. The number of carbonyl (C=O) groups is 1. The molecule has 20 heavy (non-hydrogen) atoms. The van der Waals surface area contributed by atoms with Crippen LogP contribution < -0.4 is 4.74 Å². The number of aldehydes is 1. The van der Waals surface area contributed by atoms with Crippen molar-refractivity contribution in [3.05, 3.63) is 45.4 Å². The minimum atomic E-state index is 0.0470. The van der Waals surface area contributed by atoms with E-state index in [9.17, 15) is 4.79 Å². The third-order valence-corrected chi connectivity index (χ3v) is 3.85. The quantitative estimate of drug-likeness (QED) is 0.794. The highest BCUT2D eigenvalue weighted by atomic mass is 32.1. The van der Waals surface area contributed by atoms with Gasteiger partial charge in [0, 0.05) is 10.8 Å². The molecule has 2 rings (SSSR count). The summed E-state index contributed by atoms with van der Waals surface area (Å²) in [4.78, 5) is 15.6. The van der Waals surface area contributed by atoms with Crippen molar-refractivity contribution in [2.45, 2.75) is 39.7 Å². The Labute approximate surface area is 123 Å². The average molecular weight is 289 g/mol. The lowest BCUT2D eigenvalue weighted by molar-refractivity contribution is 0.111. The van der Waals surface area contributed by atoms with Crippen LogP contribution in [-0.2, 0) is 12.0 Å². The third kappa shape index (κ3) is 3.25. The Bertz CT molecular complexity index is 611. The summed E-state index contributed by atoms with van der Waals surface area (Å²) in [6, 6.07) is 5.55. The Balaban J connectivity index is 2.13. The van der Waals surface area contributed by atoms with E-state index in [0.717, 1.165) is 22.6 Å². The Morgan fingerprint density at radius 2 is 2.10 bits per heavy atom. The average Bonchev–Trinajstić information content (AvgIpc) is 2.85. The van der Waals surface area contributed by atoms with Crippen LogP contribution >= 0.6 is 11.3 Å². The molecule has 3 nitrogen and oxygen atoms in total. The third-order valence-electron chi connectivity index (χ3n) is 3.03. The van der Waals surface area contributed by atoms with E-state index in [0.29, 0.717) is 17.9 Å². The molecule has 0 aliphatic rings. The molecule has 0 saturated heterocycles. The van der Waals surface area contributed by atoms with Crippen molar-refractivity contribution in [1.29, 1.82) is 0 Å². The molecule has 1 aromatic heterocycles. The van der Waals surface area contributed by atoms with Crippen LogP contribution in [0.4, 0.5) is 0 Å². The Hall–Kier alpha value is -1.68. The monoisotopic (exact) mass is 289 g/mol. The molecule has 1 heterocycles. The van der Waals surface area contributed by atoms with E-state index in [2.05, 4.69) is 31.1 Å². The molecule has 0 radical (unpaired) electrons. The lowest BCUT2D eigenvalue weighted by atomic mass is 9.93. The predicted octanol–water partition coefficient (Wildman–Crippen LogP) is 4.14. The highest BCUT2D eigenvalue weighted by Gasteiger charge is 2.17. The number of nitrogens with zero attached hydrogens (tertiary/aromatic N) is 1. The van der Waals surface area contributed by atoms with E-state index >= 15 is 0 Å². The Morgan fingerprint density at radius 1 is 1.35 bits per heavy atom. The normalized spacial score (nSPS) is 11.4.